The standard InChI is InChI=1S/C28H43N5O3/c1-6-20-11-9-10-18-33(20)25(35)15-14-23(30-24(34)16-17-28(3,4)5)27(36)29-19(2)26-31-21-12-7-8-13-22(21)32-26/h7-8,12-13,19-20,23H,6,9-11,14-18H2,1-5H3,(H,29,36)(H,30,34)(H,31,32)/t19-,20-,23-/m0/s1. The molecule has 1 aliphatic rings. The number of rotatable bonds is 10. The van der Waals surface area contributed by atoms with Crippen molar-refractivity contribution in [3.63, 3.8) is 0 Å². The summed E-state index contributed by atoms with van der Waals surface area (Å²) in [7, 11) is 0. The number of fused-ring (bicyclic) bond motifs is 1. The van der Waals surface area contributed by atoms with Gasteiger partial charge in [-0.3, -0.25) is 14.4 Å². The molecule has 1 saturated heterocycles. The number of para-hydroxylation sites is 2. The zero-order chi connectivity index (χ0) is 26.3. The molecular formula is C28H43N5O3. The van der Waals surface area contributed by atoms with Crippen LogP contribution in [0.25, 0.3) is 11.0 Å². The lowest BCUT2D eigenvalue weighted by Gasteiger charge is -2.35. The summed E-state index contributed by atoms with van der Waals surface area (Å²) in [4.78, 5) is 48.9. The number of nitrogens with zero attached hydrogens (tertiary/aromatic N) is 2. The Bertz CT molecular complexity index is 1010. The second kappa shape index (κ2) is 12.4. The molecule has 198 valence electrons. The van der Waals surface area contributed by atoms with E-state index >= 15 is 0 Å². The number of hydrogen-bond acceptors (Lipinski definition) is 4. The number of amides is 3. The summed E-state index contributed by atoms with van der Waals surface area (Å²) in [5.41, 5.74) is 1.75. The molecule has 3 atom stereocenters. The first-order valence-electron chi connectivity index (χ1n) is 13.4. The molecule has 0 saturated carbocycles. The second-order valence-corrected chi connectivity index (χ2v) is 11.2. The number of aromatic amines is 1. The molecule has 2 aromatic rings. The fourth-order valence-electron chi connectivity index (χ4n) is 4.75. The molecule has 1 aromatic heterocycles. The van der Waals surface area contributed by atoms with Gasteiger partial charge in [-0.2, -0.15) is 0 Å². The van der Waals surface area contributed by atoms with Gasteiger partial charge in [-0.25, -0.2) is 4.98 Å². The number of hydrogen-bond donors (Lipinski definition) is 3. The number of imidazole rings is 1. The highest BCUT2D eigenvalue weighted by molar-refractivity contribution is 5.88. The highest BCUT2D eigenvalue weighted by Crippen LogP contribution is 2.22. The van der Waals surface area contributed by atoms with E-state index in [0.717, 1.165) is 43.3 Å². The van der Waals surface area contributed by atoms with Crippen molar-refractivity contribution in [3.8, 4) is 0 Å². The highest BCUT2D eigenvalue weighted by Gasteiger charge is 2.29. The van der Waals surface area contributed by atoms with Gasteiger partial charge in [0.25, 0.3) is 0 Å². The van der Waals surface area contributed by atoms with E-state index in [0.29, 0.717) is 18.7 Å². The Balaban J connectivity index is 1.66. The van der Waals surface area contributed by atoms with Crippen molar-refractivity contribution < 1.29 is 14.4 Å². The Kier molecular flexibility index (Phi) is 9.51. The first kappa shape index (κ1) is 27.7. The lowest BCUT2D eigenvalue weighted by molar-refractivity contribution is -0.136. The van der Waals surface area contributed by atoms with Crippen molar-refractivity contribution >= 4 is 28.8 Å². The Morgan fingerprint density at radius 3 is 2.58 bits per heavy atom. The van der Waals surface area contributed by atoms with Gasteiger partial charge >= 0.3 is 0 Å². The predicted octanol–water partition coefficient (Wildman–Crippen LogP) is 4.62. The molecular weight excluding hydrogens is 454 g/mol. The summed E-state index contributed by atoms with van der Waals surface area (Å²) in [6.45, 7) is 11.0. The Morgan fingerprint density at radius 2 is 1.89 bits per heavy atom. The van der Waals surface area contributed by atoms with Crippen LogP contribution in [0.15, 0.2) is 24.3 Å². The number of aromatic nitrogens is 2. The van der Waals surface area contributed by atoms with Crippen molar-refractivity contribution in [2.24, 2.45) is 5.41 Å². The minimum Gasteiger partial charge on any atom is -0.345 e. The third-order valence-electron chi connectivity index (χ3n) is 7.00. The van der Waals surface area contributed by atoms with Gasteiger partial charge in [-0.1, -0.05) is 39.8 Å². The number of benzene rings is 1. The average Bonchev–Trinajstić information content (AvgIpc) is 3.29. The molecule has 1 aromatic carbocycles. The Hall–Kier alpha value is -2.90. The molecule has 3 rings (SSSR count). The number of likely N-dealkylation sites (tertiary alicyclic amines) is 1. The fourth-order valence-corrected chi connectivity index (χ4v) is 4.75. The van der Waals surface area contributed by atoms with E-state index in [9.17, 15) is 14.4 Å². The maximum atomic E-state index is 13.3. The number of carbonyl (C=O) groups excluding carboxylic acids is 3. The van der Waals surface area contributed by atoms with Crippen LogP contribution in [-0.4, -0.2) is 51.2 Å². The first-order chi connectivity index (χ1) is 17.1. The number of H-pyrrole nitrogens is 1. The molecule has 1 fully saturated rings. The minimum absolute atomic E-state index is 0.0182. The summed E-state index contributed by atoms with van der Waals surface area (Å²) in [5.74, 6) is 0.245. The molecule has 0 aliphatic carbocycles. The predicted molar refractivity (Wildman–Crippen MR) is 142 cm³/mol. The monoisotopic (exact) mass is 497 g/mol. The summed E-state index contributed by atoms with van der Waals surface area (Å²) < 4.78 is 0. The van der Waals surface area contributed by atoms with Crippen LogP contribution in [0.5, 0.6) is 0 Å². The molecule has 2 heterocycles. The van der Waals surface area contributed by atoms with Gasteiger partial charge in [-0.05, 0) is 63.0 Å². The van der Waals surface area contributed by atoms with E-state index in [1.54, 1.807) is 0 Å². The van der Waals surface area contributed by atoms with Gasteiger partial charge < -0.3 is 20.5 Å². The summed E-state index contributed by atoms with van der Waals surface area (Å²) in [6.07, 6.45) is 5.69. The van der Waals surface area contributed by atoms with Crippen molar-refractivity contribution in [2.75, 3.05) is 6.54 Å². The SMILES string of the molecule is CC[C@H]1CCCCN1C(=O)CC[C@H](NC(=O)CCC(C)(C)C)C(=O)N[C@@H](C)c1nc2ccccc2[nH]1. The molecule has 0 spiro atoms. The Labute approximate surface area is 215 Å². The first-order valence-corrected chi connectivity index (χ1v) is 13.4. The van der Waals surface area contributed by atoms with Crippen molar-refractivity contribution in [2.45, 2.75) is 104 Å². The maximum Gasteiger partial charge on any atom is 0.243 e. The van der Waals surface area contributed by atoms with E-state index in [1.165, 1.54) is 0 Å². The van der Waals surface area contributed by atoms with E-state index < -0.39 is 6.04 Å². The van der Waals surface area contributed by atoms with Crippen LogP contribution in [-0.2, 0) is 14.4 Å². The fraction of sp³-hybridized carbons (Fsp3) is 0.643. The topological polar surface area (TPSA) is 107 Å². The minimum atomic E-state index is -0.780. The summed E-state index contributed by atoms with van der Waals surface area (Å²) in [6, 6.07) is 6.82. The van der Waals surface area contributed by atoms with E-state index in [-0.39, 0.29) is 48.1 Å². The smallest absolute Gasteiger partial charge is 0.243 e. The molecule has 8 nitrogen and oxygen atoms in total. The van der Waals surface area contributed by atoms with Crippen LogP contribution in [0.4, 0.5) is 0 Å². The molecule has 0 radical (unpaired) electrons. The second-order valence-electron chi connectivity index (χ2n) is 11.2. The molecule has 8 heteroatoms. The third-order valence-corrected chi connectivity index (χ3v) is 7.00. The molecule has 0 unspecified atom stereocenters. The number of piperidine rings is 1. The molecule has 1 aliphatic heterocycles. The van der Waals surface area contributed by atoms with Crippen molar-refractivity contribution in [3.05, 3.63) is 30.1 Å². The number of carbonyl (C=O) groups is 3. The highest BCUT2D eigenvalue weighted by atomic mass is 16.2. The summed E-state index contributed by atoms with van der Waals surface area (Å²) in [5, 5.41) is 5.89. The van der Waals surface area contributed by atoms with Gasteiger partial charge in [0.1, 0.15) is 11.9 Å². The zero-order valence-electron chi connectivity index (χ0n) is 22.5. The summed E-state index contributed by atoms with van der Waals surface area (Å²) >= 11 is 0. The molecule has 3 N–H and O–H groups in total. The number of nitrogens with one attached hydrogen (secondary N) is 3. The van der Waals surface area contributed by atoms with Gasteiger partial charge in [0.2, 0.25) is 17.7 Å². The van der Waals surface area contributed by atoms with Crippen LogP contribution < -0.4 is 10.6 Å². The zero-order valence-corrected chi connectivity index (χ0v) is 22.5. The van der Waals surface area contributed by atoms with Gasteiger partial charge in [0.05, 0.1) is 17.1 Å². The molecule has 36 heavy (non-hydrogen) atoms. The largest absolute Gasteiger partial charge is 0.345 e. The van der Waals surface area contributed by atoms with Gasteiger partial charge in [0.15, 0.2) is 0 Å². The lowest BCUT2D eigenvalue weighted by atomic mass is 9.90. The van der Waals surface area contributed by atoms with Crippen LogP contribution >= 0.6 is 0 Å². The van der Waals surface area contributed by atoms with Crippen LogP contribution in [0, 0.1) is 5.41 Å². The van der Waals surface area contributed by atoms with Crippen molar-refractivity contribution in [1.82, 2.24) is 25.5 Å². The van der Waals surface area contributed by atoms with E-state index in [4.69, 9.17) is 0 Å². The van der Waals surface area contributed by atoms with Gasteiger partial charge in [-0.15, -0.1) is 0 Å². The molecule has 3 amide bonds. The lowest BCUT2D eigenvalue weighted by Crippen LogP contribution is -2.49. The quantitative estimate of drug-likeness (QED) is 0.445. The van der Waals surface area contributed by atoms with Crippen molar-refractivity contribution in [1.29, 1.82) is 0 Å². The molecule has 0 bridgehead atoms. The van der Waals surface area contributed by atoms with Crippen LogP contribution in [0.2, 0.25) is 0 Å². The third kappa shape index (κ3) is 7.80. The van der Waals surface area contributed by atoms with Gasteiger partial charge in [0, 0.05) is 25.4 Å². The average molecular weight is 498 g/mol. The Morgan fingerprint density at radius 1 is 1.14 bits per heavy atom. The van der Waals surface area contributed by atoms with Crippen LogP contribution in [0.1, 0.15) is 97.9 Å². The van der Waals surface area contributed by atoms with E-state index in [2.05, 4.69) is 48.3 Å². The normalized spacial score (nSPS) is 18.0. The van der Waals surface area contributed by atoms with E-state index in [1.807, 2.05) is 36.1 Å². The van der Waals surface area contributed by atoms with Crippen LogP contribution in [0.3, 0.4) is 0 Å². The maximum absolute atomic E-state index is 13.3.